The summed E-state index contributed by atoms with van der Waals surface area (Å²) in [6, 6.07) is 5.61. The topological polar surface area (TPSA) is 103 Å². The highest BCUT2D eigenvalue weighted by Crippen LogP contribution is 2.30. The lowest BCUT2D eigenvalue weighted by Gasteiger charge is -2.15. The van der Waals surface area contributed by atoms with E-state index in [1.54, 1.807) is 36.4 Å². The van der Waals surface area contributed by atoms with Gasteiger partial charge in [-0.1, -0.05) is 18.5 Å². The van der Waals surface area contributed by atoms with E-state index in [1.165, 1.54) is 6.20 Å². The van der Waals surface area contributed by atoms with Gasteiger partial charge in [-0.2, -0.15) is 5.10 Å². The van der Waals surface area contributed by atoms with Gasteiger partial charge in [0.1, 0.15) is 5.82 Å². The molecule has 0 radical (unpaired) electrons. The number of hydrogen-bond donors (Lipinski definition) is 2. The molecule has 0 fully saturated rings. The van der Waals surface area contributed by atoms with Crippen LogP contribution in [0.25, 0.3) is 22.3 Å². The van der Waals surface area contributed by atoms with Crippen LogP contribution in [0.1, 0.15) is 17.3 Å². The average molecular weight is 472 g/mol. The molecule has 0 saturated carbocycles. The molecule has 9 nitrogen and oxygen atoms in total. The maximum atomic E-state index is 13.8. The van der Waals surface area contributed by atoms with Crippen LogP contribution in [0.4, 0.5) is 16.2 Å². The lowest BCUT2D eigenvalue weighted by Crippen LogP contribution is -2.19. The summed E-state index contributed by atoms with van der Waals surface area (Å²) in [5, 5.41) is 9.10. The number of carbonyl (C=O) groups is 1. The molecule has 0 saturated heterocycles. The Balaban J connectivity index is 1.64. The molecule has 12 heteroatoms. The normalized spacial score (nSPS) is 11.7. The van der Waals surface area contributed by atoms with Gasteiger partial charge in [-0.25, -0.2) is 19.3 Å². The van der Waals surface area contributed by atoms with Gasteiger partial charge in [0.2, 0.25) is 5.95 Å². The second-order valence-electron chi connectivity index (χ2n) is 7.30. The lowest BCUT2D eigenvalue weighted by atomic mass is 10.2. The van der Waals surface area contributed by atoms with E-state index in [-0.39, 0.29) is 12.5 Å². The summed E-state index contributed by atoms with van der Waals surface area (Å²) < 4.78 is 17.4. The van der Waals surface area contributed by atoms with Crippen LogP contribution in [-0.2, 0) is 13.6 Å². The van der Waals surface area contributed by atoms with Gasteiger partial charge >= 0.3 is 0 Å². The number of nitrogens with one attached hydrogen (secondary N) is 2. The molecule has 0 aliphatic rings. The van der Waals surface area contributed by atoms with E-state index in [1.807, 2.05) is 19.1 Å². The molecule has 166 valence electrons. The van der Waals surface area contributed by atoms with Crippen LogP contribution >= 0.6 is 18.5 Å². The van der Waals surface area contributed by atoms with Crippen LogP contribution in [0.5, 0.6) is 0 Å². The summed E-state index contributed by atoms with van der Waals surface area (Å²) in [6.07, 6.45) is 6.49. The van der Waals surface area contributed by atoms with Crippen LogP contribution in [-0.4, -0.2) is 46.9 Å². The van der Waals surface area contributed by atoms with Crippen molar-refractivity contribution in [1.29, 1.82) is 0 Å². The SMILES string of the molecule is CCn1c(-c2ccnc(NCC(F)(P)P)n2)cc2cnc(NC(=O)c3cnn(C)c3)cc21. The van der Waals surface area contributed by atoms with E-state index in [0.29, 0.717) is 29.6 Å². The Morgan fingerprint density at radius 2 is 2.06 bits per heavy atom. The van der Waals surface area contributed by atoms with Crippen LogP contribution in [0.2, 0.25) is 0 Å². The molecule has 2 atom stereocenters. The molecule has 4 rings (SSSR count). The molecule has 4 aromatic rings. The number of fused-ring (bicyclic) bond motifs is 1. The van der Waals surface area contributed by atoms with Crippen molar-refractivity contribution in [2.24, 2.45) is 7.05 Å². The van der Waals surface area contributed by atoms with Crippen LogP contribution in [0, 0.1) is 0 Å². The third-order valence-electron chi connectivity index (χ3n) is 4.75. The molecular formula is C20H23FN8OP2. The largest absolute Gasteiger partial charge is 0.350 e. The number of alkyl halides is 1. The Morgan fingerprint density at radius 3 is 2.75 bits per heavy atom. The van der Waals surface area contributed by atoms with E-state index in [9.17, 15) is 9.18 Å². The summed E-state index contributed by atoms with van der Waals surface area (Å²) in [5.74, 6) is 0.499. The fourth-order valence-electron chi connectivity index (χ4n) is 3.30. The standard InChI is InChI=1S/C20H23FN8OP2/c1-3-29-15-7-17(27-18(30)13-9-25-28(2)10-13)23-8-12(15)6-16(29)14-4-5-22-19(26-14)24-11-20(21,31)32/h4-10H,3,11,31-32H2,1-2H3,(H,22,24,26)(H,23,27,30). The van der Waals surface area contributed by atoms with Gasteiger partial charge < -0.3 is 15.2 Å². The minimum atomic E-state index is -1.54. The molecule has 0 bridgehead atoms. The number of carbonyl (C=O) groups excluding carboxylic acids is 1. The fraction of sp³-hybridized carbons (Fsp3) is 0.250. The van der Waals surface area contributed by atoms with Crippen LogP contribution < -0.4 is 10.6 Å². The van der Waals surface area contributed by atoms with E-state index in [0.717, 1.165) is 16.6 Å². The molecule has 4 aromatic heterocycles. The number of nitrogens with zero attached hydrogens (tertiary/aromatic N) is 6. The highest BCUT2D eigenvalue weighted by Gasteiger charge is 2.17. The quantitative estimate of drug-likeness (QED) is 0.400. The summed E-state index contributed by atoms with van der Waals surface area (Å²) in [7, 11) is 5.97. The zero-order valence-electron chi connectivity index (χ0n) is 17.6. The van der Waals surface area contributed by atoms with Crippen molar-refractivity contribution in [3.8, 4) is 11.4 Å². The fourth-order valence-corrected chi connectivity index (χ4v) is 3.51. The molecule has 32 heavy (non-hydrogen) atoms. The number of pyridine rings is 1. The maximum absolute atomic E-state index is 13.8. The molecule has 0 aliphatic carbocycles. The highest BCUT2D eigenvalue weighted by molar-refractivity contribution is 7.39. The Hall–Kier alpha value is -2.96. The Labute approximate surface area is 188 Å². The molecule has 4 heterocycles. The summed E-state index contributed by atoms with van der Waals surface area (Å²) in [4.78, 5) is 25.5. The lowest BCUT2D eigenvalue weighted by molar-refractivity contribution is 0.102. The van der Waals surface area contributed by atoms with E-state index in [4.69, 9.17) is 0 Å². The second-order valence-corrected chi connectivity index (χ2v) is 9.89. The Bertz CT molecular complexity index is 1280. The molecule has 2 N–H and O–H groups in total. The maximum Gasteiger partial charge on any atom is 0.260 e. The predicted octanol–water partition coefficient (Wildman–Crippen LogP) is 3.28. The zero-order valence-corrected chi connectivity index (χ0v) is 19.9. The number of anilines is 2. The zero-order chi connectivity index (χ0) is 22.9. The molecule has 0 spiro atoms. The van der Waals surface area contributed by atoms with Crippen molar-refractivity contribution in [3.63, 3.8) is 0 Å². The van der Waals surface area contributed by atoms with Crippen molar-refractivity contribution in [2.75, 3.05) is 17.2 Å². The van der Waals surface area contributed by atoms with Gasteiger partial charge in [0.15, 0.2) is 5.15 Å². The molecular weight excluding hydrogens is 449 g/mol. The Morgan fingerprint density at radius 1 is 1.25 bits per heavy atom. The summed E-state index contributed by atoms with van der Waals surface area (Å²) >= 11 is 0. The smallest absolute Gasteiger partial charge is 0.260 e. The van der Waals surface area contributed by atoms with Gasteiger partial charge in [-0.3, -0.25) is 9.48 Å². The van der Waals surface area contributed by atoms with Gasteiger partial charge in [-0.15, -0.1) is 0 Å². The van der Waals surface area contributed by atoms with E-state index >= 15 is 0 Å². The first kappa shape index (κ1) is 22.2. The third kappa shape index (κ3) is 4.92. The number of halogens is 1. The number of aromatic nitrogens is 6. The first-order valence-corrected chi connectivity index (χ1v) is 11.0. The number of rotatable bonds is 7. The summed E-state index contributed by atoms with van der Waals surface area (Å²) in [5.41, 5.74) is 2.92. The van der Waals surface area contributed by atoms with Gasteiger partial charge in [0.05, 0.1) is 35.2 Å². The number of aryl methyl sites for hydroxylation is 2. The minimum Gasteiger partial charge on any atom is -0.350 e. The molecule has 0 aliphatic heterocycles. The third-order valence-corrected chi connectivity index (χ3v) is 5.15. The van der Waals surface area contributed by atoms with Gasteiger partial charge in [0, 0.05) is 43.6 Å². The van der Waals surface area contributed by atoms with Crippen molar-refractivity contribution in [3.05, 3.63) is 48.5 Å². The second kappa shape index (κ2) is 8.88. The average Bonchev–Trinajstić information content (AvgIpc) is 3.35. The molecule has 1 amide bonds. The van der Waals surface area contributed by atoms with Gasteiger partial charge in [0.25, 0.3) is 5.91 Å². The van der Waals surface area contributed by atoms with Crippen molar-refractivity contribution >= 4 is 47.1 Å². The van der Waals surface area contributed by atoms with E-state index < -0.39 is 5.15 Å². The van der Waals surface area contributed by atoms with E-state index in [2.05, 4.69) is 53.7 Å². The van der Waals surface area contributed by atoms with Crippen LogP contribution in [0.3, 0.4) is 0 Å². The number of hydrogen-bond acceptors (Lipinski definition) is 6. The van der Waals surface area contributed by atoms with Crippen molar-refractivity contribution in [2.45, 2.75) is 18.6 Å². The summed E-state index contributed by atoms with van der Waals surface area (Å²) in [6.45, 7) is 2.74. The predicted molar refractivity (Wildman–Crippen MR) is 129 cm³/mol. The number of amides is 1. The van der Waals surface area contributed by atoms with Crippen molar-refractivity contribution < 1.29 is 9.18 Å². The Kier molecular flexibility index (Phi) is 6.17. The molecule has 0 aromatic carbocycles. The highest BCUT2D eigenvalue weighted by atomic mass is 31.1. The first-order valence-electron chi connectivity index (χ1n) is 9.87. The first-order chi connectivity index (χ1) is 15.2. The van der Waals surface area contributed by atoms with Crippen molar-refractivity contribution in [1.82, 2.24) is 29.3 Å². The minimum absolute atomic E-state index is 0.0342. The van der Waals surface area contributed by atoms with Crippen LogP contribution in [0.15, 0.2) is 43.0 Å². The molecule has 2 unspecified atom stereocenters. The van der Waals surface area contributed by atoms with Gasteiger partial charge in [-0.05, 0) is 19.1 Å². The monoisotopic (exact) mass is 472 g/mol.